The molecule has 0 fully saturated rings. The third-order valence-corrected chi connectivity index (χ3v) is 3.22. The van der Waals surface area contributed by atoms with E-state index >= 15 is 0 Å². The standard InChI is InChI=1S/C15H9NO5/c1-19-15(18)14-9(6-16)13-10(7-20-14)12(17)8-4-2-3-5-11(8)21-13/h2-5,7,13H,1H3. The van der Waals surface area contributed by atoms with E-state index in [2.05, 4.69) is 4.74 Å². The molecule has 3 rings (SSSR count). The lowest BCUT2D eigenvalue weighted by Gasteiger charge is -2.29. The van der Waals surface area contributed by atoms with Crippen molar-refractivity contribution in [2.75, 3.05) is 7.11 Å². The van der Waals surface area contributed by atoms with E-state index in [0.29, 0.717) is 11.3 Å². The number of ether oxygens (including phenoxy) is 3. The average molecular weight is 283 g/mol. The van der Waals surface area contributed by atoms with Crippen molar-refractivity contribution in [3.8, 4) is 11.8 Å². The SMILES string of the molecule is COC(=O)C1=C(C#N)C2Oc3ccccc3C(=O)C2=CO1. The molecule has 2 aliphatic rings. The van der Waals surface area contributed by atoms with Crippen molar-refractivity contribution in [3.05, 3.63) is 53.0 Å². The third kappa shape index (κ3) is 1.87. The molecule has 0 bridgehead atoms. The molecule has 104 valence electrons. The largest absolute Gasteiger partial charge is 0.479 e. The van der Waals surface area contributed by atoms with Crippen molar-refractivity contribution in [2.24, 2.45) is 0 Å². The molecule has 0 saturated carbocycles. The Balaban J connectivity index is 2.11. The van der Waals surface area contributed by atoms with Crippen LogP contribution >= 0.6 is 0 Å². The zero-order valence-electron chi connectivity index (χ0n) is 11.0. The van der Waals surface area contributed by atoms with Gasteiger partial charge in [-0.25, -0.2) is 4.79 Å². The van der Waals surface area contributed by atoms with Crippen LogP contribution in [-0.2, 0) is 14.3 Å². The number of hydrogen-bond acceptors (Lipinski definition) is 6. The van der Waals surface area contributed by atoms with Crippen LogP contribution in [0.2, 0.25) is 0 Å². The normalized spacial score (nSPS) is 19.3. The molecule has 21 heavy (non-hydrogen) atoms. The summed E-state index contributed by atoms with van der Waals surface area (Å²) in [6.45, 7) is 0. The Hall–Kier alpha value is -3.07. The van der Waals surface area contributed by atoms with Crippen molar-refractivity contribution < 1.29 is 23.8 Å². The maximum Gasteiger partial charge on any atom is 0.375 e. The number of methoxy groups -OCH3 is 1. The van der Waals surface area contributed by atoms with Crippen molar-refractivity contribution in [1.29, 1.82) is 5.26 Å². The van der Waals surface area contributed by atoms with E-state index in [1.807, 2.05) is 6.07 Å². The minimum atomic E-state index is -0.958. The molecule has 0 spiro atoms. The summed E-state index contributed by atoms with van der Waals surface area (Å²) in [6.07, 6.45) is 0.177. The molecule has 0 amide bonds. The lowest BCUT2D eigenvalue weighted by molar-refractivity contribution is -0.139. The van der Waals surface area contributed by atoms with Gasteiger partial charge in [0.15, 0.2) is 11.9 Å². The number of carbonyl (C=O) groups excluding carboxylic acids is 2. The molecule has 1 unspecified atom stereocenters. The topological polar surface area (TPSA) is 85.6 Å². The van der Waals surface area contributed by atoms with Crippen LogP contribution in [-0.4, -0.2) is 25.0 Å². The molecule has 2 heterocycles. The van der Waals surface area contributed by atoms with Crippen LogP contribution < -0.4 is 4.74 Å². The Labute approximate surface area is 119 Å². The Morgan fingerprint density at radius 1 is 1.38 bits per heavy atom. The van der Waals surface area contributed by atoms with Crippen molar-refractivity contribution >= 4 is 11.8 Å². The van der Waals surface area contributed by atoms with Gasteiger partial charge in [0.05, 0.1) is 18.2 Å². The van der Waals surface area contributed by atoms with Gasteiger partial charge in [-0.15, -0.1) is 0 Å². The number of ketones is 1. The number of rotatable bonds is 1. The minimum absolute atomic E-state index is 0.0813. The molecule has 0 aliphatic carbocycles. The summed E-state index contributed by atoms with van der Waals surface area (Å²) in [4.78, 5) is 24.0. The second kappa shape index (κ2) is 4.80. The number of benzene rings is 1. The first-order chi connectivity index (χ1) is 10.2. The summed E-state index contributed by atoms with van der Waals surface area (Å²) < 4.78 is 15.3. The highest BCUT2D eigenvalue weighted by molar-refractivity contribution is 6.13. The highest BCUT2D eigenvalue weighted by atomic mass is 16.6. The van der Waals surface area contributed by atoms with E-state index in [1.165, 1.54) is 7.11 Å². The number of nitrogens with zero attached hydrogens (tertiary/aromatic N) is 1. The van der Waals surface area contributed by atoms with Crippen molar-refractivity contribution in [2.45, 2.75) is 6.10 Å². The molecule has 0 aromatic heterocycles. The Bertz CT molecular complexity index is 754. The first-order valence-corrected chi connectivity index (χ1v) is 6.07. The van der Waals surface area contributed by atoms with E-state index in [0.717, 1.165) is 6.26 Å². The predicted molar refractivity (Wildman–Crippen MR) is 69.0 cm³/mol. The highest BCUT2D eigenvalue weighted by Crippen LogP contribution is 2.36. The van der Waals surface area contributed by atoms with Gasteiger partial charge in [-0.1, -0.05) is 12.1 Å². The molecule has 0 N–H and O–H groups in total. The smallest absolute Gasteiger partial charge is 0.375 e. The third-order valence-electron chi connectivity index (χ3n) is 3.22. The summed E-state index contributed by atoms with van der Waals surface area (Å²) in [5.41, 5.74) is 0.488. The van der Waals surface area contributed by atoms with Gasteiger partial charge in [-0.05, 0) is 12.1 Å². The second-order valence-corrected chi connectivity index (χ2v) is 4.36. The second-order valence-electron chi connectivity index (χ2n) is 4.36. The molecular weight excluding hydrogens is 274 g/mol. The average Bonchev–Trinajstić information content (AvgIpc) is 2.53. The van der Waals surface area contributed by atoms with Crippen LogP contribution in [0.15, 0.2) is 47.4 Å². The van der Waals surface area contributed by atoms with E-state index in [4.69, 9.17) is 9.47 Å². The Morgan fingerprint density at radius 3 is 2.86 bits per heavy atom. The number of para-hydroxylation sites is 1. The predicted octanol–water partition coefficient (Wildman–Crippen LogP) is 1.50. The van der Waals surface area contributed by atoms with Gasteiger partial charge in [-0.3, -0.25) is 4.79 Å². The fourth-order valence-corrected chi connectivity index (χ4v) is 2.22. The van der Waals surface area contributed by atoms with Crippen LogP contribution in [0.1, 0.15) is 10.4 Å². The first kappa shape index (κ1) is 12.9. The molecule has 0 radical (unpaired) electrons. The van der Waals surface area contributed by atoms with Crippen LogP contribution in [0.5, 0.6) is 5.75 Å². The maximum absolute atomic E-state index is 12.4. The Morgan fingerprint density at radius 2 is 2.14 bits per heavy atom. The van der Waals surface area contributed by atoms with E-state index in [-0.39, 0.29) is 22.7 Å². The number of esters is 1. The van der Waals surface area contributed by atoms with Crippen LogP contribution in [0, 0.1) is 11.3 Å². The van der Waals surface area contributed by atoms with E-state index < -0.39 is 12.1 Å². The van der Waals surface area contributed by atoms with Crippen molar-refractivity contribution in [3.63, 3.8) is 0 Å². The van der Waals surface area contributed by atoms with Gasteiger partial charge in [0.1, 0.15) is 23.7 Å². The van der Waals surface area contributed by atoms with Gasteiger partial charge in [0.2, 0.25) is 5.76 Å². The molecule has 2 aliphatic heterocycles. The van der Waals surface area contributed by atoms with Crippen LogP contribution in [0.4, 0.5) is 0 Å². The minimum Gasteiger partial charge on any atom is -0.479 e. The maximum atomic E-state index is 12.4. The van der Waals surface area contributed by atoms with E-state index in [9.17, 15) is 14.9 Å². The van der Waals surface area contributed by atoms with Crippen LogP contribution in [0.25, 0.3) is 0 Å². The molecule has 1 atom stereocenters. The lowest BCUT2D eigenvalue weighted by atomic mass is 9.90. The van der Waals surface area contributed by atoms with E-state index in [1.54, 1.807) is 24.3 Å². The summed E-state index contributed by atoms with van der Waals surface area (Å²) in [6, 6.07) is 8.55. The first-order valence-electron chi connectivity index (χ1n) is 6.07. The van der Waals surface area contributed by atoms with Gasteiger partial charge < -0.3 is 14.2 Å². The number of hydrogen-bond donors (Lipinski definition) is 0. The number of fused-ring (bicyclic) bond motifs is 2. The lowest BCUT2D eigenvalue weighted by Crippen LogP contribution is -2.35. The zero-order valence-corrected chi connectivity index (χ0v) is 11.0. The zero-order chi connectivity index (χ0) is 15.0. The summed E-state index contributed by atoms with van der Waals surface area (Å²) in [7, 11) is 1.18. The van der Waals surface area contributed by atoms with Gasteiger partial charge >= 0.3 is 5.97 Å². The molecule has 6 heteroatoms. The van der Waals surface area contributed by atoms with Crippen molar-refractivity contribution in [1.82, 2.24) is 0 Å². The molecule has 6 nitrogen and oxygen atoms in total. The van der Waals surface area contributed by atoms with Crippen LogP contribution in [0.3, 0.4) is 0 Å². The highest BCUT2D eigenvalue weighted by Gasteiger charge is 2.40. The quantitative estimate of drug-likeness (QED) is 0.726. The van der Waals surface area contributed by atoms with Gasteiger partial charge in [0.25, 0.3) is 0 Å². The van der Waals surface area contributed by atoms with Gasteiger partial charge in [-0.2, -0.15) is 5.26 Å². The monoisotopic (exact) mass is 283 g/mol. The fraction of sp³-hybridized carbons (Fsp3) is 0.133. The molecule has 0 saturated heterocycles. The number of Topliss-reactive ketones (excluding diaryl/α,β-unsaturated/α-hetero) is 1. The number of nitriles is 1. The summed E-state index contributed by atoms with van der Waals surface area (Å²) in [5.74, 6) is -0.986. The number of carbonyl (C=O) groups is 2. The molecule has 1 aromatic rings. The summed E-state index contributed by atoms with van der Waals surface area (Å²) in [5, 5.41) is 9.26. The molecular formula is C15H9NO5. The Kier molecular flexibility index (Phi) is 2.95. The van der Waals surface area contributed by atoms with Gasteiger partial charge in [0, 0.05) is 0 Å². The molecule has 1 aromatic carbocycles. The summed E-state index contributed by atoms with van der Waals surface area (Å²) >= 11 is 0. The fourth-order valence-electron chi connectivity index (χ4n) is 2.22.